The largest absolute Gasteiger partial charge is 0.465 e. The lowest BCUT2D eigenvalue weighted by Gasteiger charge is -2.22. The summed E-state index contributed by atoms with van der Waals surface area (Å²) in [6, 6.07) is 0. The van der Waals surface area contributed by atoms with Gasteiger partial charge >= 0.3 is 5.97 Å². The van der Waals surface area contributed by atoms with Crippen LogP contribution >= 0.6 is 24.0 Å². The molecule has 0 saturated carbocycles. The monoisotopic (exact) mass is 205 g/mol. The number of ether oxygens (including phenoxy) is 1. The predicted octanol–water partition coefficient (Wildman–Crippen LogP) is 0.582. The second-order valence-corrected chi connectivity index (χ2v) is 3.95. The van der Waals surface area contributed by atoms with Crippen LogP contribution in [-0.2, 0) is 9.53 Å². The van der Waals surface area contributed by atoms with Crippen LogP contribution in [0.25, 0.3) is 0 Å². The number of carbonyl (C=O) groups excluding carboxylic acids is 1. The van der Waals surface area contributed by atoms with E-state index in [9.17, 15) is 4.79 Å². The van der Waals surface area contributed by atoms with Crippen LogP contribution in [0.5, 0.6) is 0 Å². The van der Waals surface area contributed by atoms with Crippen LogP contribution in [0.4, 0.5) is 0 Å². The lowest BCUT2D eigenvalue weighted by atomic mass is 10.4. The highest BCUT2D eigenvalue weighted by molar-refractivity contribution is 8.02. The fraction of sp³-hybridized carbons (Fsp3) is 0.714. The summed E-state index contributed by atoms with van der Waals surface area (Å²) >= 11 is 6.53. The van der Waals surface area contributed by atoms with Gasteiger partial charge in [0.05, 0.1) is 11.6 Å². The molecule has 1 aliphatic rings. The van der Waals surface area contributed by atoms with Gasteiger partial charge in [-0.05, 0) is 6.92 Å². The van der Waals surface area contributed by atoms with E-state index in [1.807, 2.05) is 0 Å². The van der Waals surface area contributed by atoms with Crippen LogP contribution in [0.2, 0.25) is 0 Å². The van der Waals surface area contributed by atoms with Gasteiger partial charge in [-0.1, -0.05) is 12.2 Å². The van der Waals surface area contributed by atoms with E-state index < -0.39 is 0 Å². The maximum absolute atomic E-state index is 11.2. The molecule has 1 fully saturated rings. The average Bonchev–Trinajstić information content (AvgIpc) is 2.05. The smallest absolute Gasteiger partial charge is 0.326 e. The van der Waals surface area contributed by atoms with Crippen molar-refractivity contribution in [1.29, 1.82) is 0 Å². The van der Waals surface area contributed by atoms with Gasteiger partial charge in [0.2, 0.25) is 0 Å². The van der Waals surface area contributed by atoms with Gasteiger partial charge in [0.1, 0.15) is 0 Å². The van der Waals surface area contributed by atoms with E-state index in [4.69, 9.17) is 17.0 Å². The van der Waals surface area contributed by atoms with Gasteiger partial charge in [-0.3, -0.25) is 4.79 Å². The van der Waals surface area contributed by atoms with Crippen molar-refractivity contribution in [3.63, 3.8) is 0 Å². The number of thioether (sulfide) groups is 1. The molecule has 0 aliphatic carbocycles. The second-order valence-electron chi connectivity index (χ2n) is 2.29. The lowest BCUT2D eigenvalue weighted by molar-refractivity contribution is -0.141. The number of thiocarbonyl (C=S) groups is 1. The normalized spacial score (nSPS) is 23.1. The summed E-state index contributed by atoms with van der Waals surface area (Å²) < 4.78 is 4.86. The Morgan fingerprint density at radius 2 is 2.67 bits per heavy atom. The molecule has 1 aliphatic heterocycles. The van der Waals surface area contributed by atoms with Gasteiger partial charge in [0.15, 0.2) is 5.25 Å². The van der Waals surface area contributed by atoms with E-state index in [1.54, 1.807) is 18.7 Å². The Labute approximate surface area is 81.2 Å². The van der Waals surface area contributed by atoms with Crippen LogP contribution in [0, 0.1) is 0 Å². The summed E-state index contributed by atoms with van der Waals surface area (Å²) in [5.74, 6) is 0.684. The van der Waals surface area contributed by atoms with Crippen molar-refractivity contribution >= 4 is 34.9 Å². The first-order valence-corrected chi connectivity index (χ1v) is 5.27. The third-order valence-electron chi connectivity index (χ3n) is 1.42. The molecule has 0 aromatic rings. The maximum Gasteiger partial charge on any atom is 0.326 e. The van der Waals surface area contributed by atoms with Crippen molar-refractivity contribution < 1.29 is 9.53 Å². The SMILES string of the molecule is CCOC(=O)C1SCCNC1=S. The fourth-order valence-corrected chi connectivity index (χ4v) is 2.21. The molecule has 1 heterocycles. The third-order valence-corrected chi connectivity index (χ3v) is 3.16. The van der Waals surface area contributed by atoms with Gasteiger partial charge in [-0.15, -0.1) is 11.8 Å². The van der Waals surface area contributed by atoms with E-state index >= 15 is 0 Å². The van der Waals surface area contributed by atoms with E-state index in [0.29, 0.717) is 11.6 Å². The Morgan fingerprint density at radius 3 is 3.25 bits per heavy atom. The Hall–Kier alpha value is -0.290. The number of nitrogens with one attached hydrogen (secondary N) is 1. The molecule has 5 heteroatoms. The van der Waals surface area contributed by atoms with Gasteiger partial charge in [0.25, 0.3) is 0 Å². The lowest BCUT2D eigenvalue weighted by Crippen LogP contribution is -2.42. The summed E-state index contributed by atoms with van der Waals surface area (Å²) in [4.78, 5) is 11.8. The van der Waals surface area contributed by atoms with E-state index in [0.717, 1.165) is 12.3 Å². The highest BCUT2D eigenvalue weighted by Gasteiger charge is 2.27. The standard InChI is InChI=1S/C7H11NO2S2/c1-2-10-7(9)5-6(11)8-3-4-12-5/h5H,2-4H2,1H3,(H,8,11). The molecule has 1 rings (SSSR count). The second kappa shape index (κ2) is 4.67. The number of carbonyl (C=O) groups is 1. The Balaban J connectivity index is 2.48. The third kappa shape index (κ3) is 2.35. The number of esters is 1. The van der Waals surface area contributed by atoms with E-state index in [-0.39, 0.29) is 11.2 Å². The maximum atomic E-state index is 11.2. The molecule has 3 nitrogen and oxygen atoms in total. The minimum Gasteiger partial charge on any atom is -0.465 e. The molecule has 0 bridgehead atoms. The van der Waals surface area contributed by atoms with Crippen molar-refractivity contribution in [3.8, 4) is 0 Å². The number of hydrogen-bond donors (Lipinski definition) is 1. The Morgan fingerprint density at radius 1 is 1.92 bits per heavy atom. The first-order valence-electron chi connectivity index (χ1n) is 3.81. The first-order chi connectivity index (χ1) is 5.75. The molecule has 1 unspecified atom stereocenters. The molecule has 1 atom stereocenters. The average molecular weight is 205 g/mol. The van der Waals surface area contributed by atoms with Crippen LogP contribution in [0.3, 0.4) is 0 Å². The molecule has 0 amide bonds. The highest BCUT2D eigenvalue weighted by atomic mass is 32.2. The van der Waals surface area contributed by atoms with Crippen LogP contribution < -0.4 is 5.32 Å². The summed E-state index contributed by atoms with van der Waals surface area (Å²) in [6.45, 7) is 3.06. The topological polar surface area (TPSA) is 38.3 Å². The fourth-order valence-electron chi connectivity index (χ4n) is 0.912. The van der Waals surface area contributed by atoms with Crippen molar-refractivity contribution in [2.24, 2.45) is 0 Å². The molecule has 68 valence electrons. The molecule has 0 radical (unpaired) electrons. The van der Waals surface area contributed by atoms with Gasteiger partial charge in [0, 0.05) is 12.3 Å². The quantitative estimate of drug-likeness (QED) is 0.527. The van der Waals surface area contributed by atoms with Crippen molar-refractivity contribution in [1.82, 2.24) is 5.32 Å². The summed E-state index contributed by atoms with van der Waals surface area (Å²) in [6.07, 6.45) is 0. The Bertz CT molecular complexity index is 196. The highest BCUT2D eigenvalue weighted by Crippen LogP contribution is 2.16. The van der Waals surface area contributed by atoms with E-state index in [1.165, 1.54) is 0 Å². The van der Waals surface area contributed by atoms with Crippen LogP contribution in [0.1, 0.15) is 6.92 Å². The summed E-state index contributed by atoms with van der Waals surface area (Å²) in [5, 5.41) is 2.70. The molecule has 1 N–H and O–H groups in total. The van der Waals surface area contributed by atoms with Crippen molar-refractivity contribution in [2.75, 3.05) is 18.9 Å². The molecular formula is C7H11NO2S2. The van der Waals surface area contributed by atoms with Gasteiger partial charge in [-0.25, -0.2) is 0 Å². The minimum absolute atomic E-state index is 0.222. The van der Waals surface area contributed by atoms with Gasteiger partial charge in [-0.2, -0.15) is 0 Å². The molecule has 0 aromatic heterocycles. The summed E-state index contributed by atoms with van der Waals surface area (Å²) in [5.41, 5.74) is 0. The zero-order chi connectivity index (χ0) is 8.97. The first kappa shape index (κ1) is 9.80. The minimum atomic E-state index is -0.284. The van der Waals surface area contributed by atoms with Gasteiger partial charge < -0.3 is 10.1 Å². The van der Waals surface area contributed by atoms with Crippen molar-refractivity contribution in [2.45, 2.75) is 12.2 Å². The zero-order valence-electron chi connectivity index (χ0n) is 6.83. The predicted molar refractivity (Wildman–Crippen MR) is 53.5 cm³/mol. The number of rotatable bonds is 2. The molecule has 0 aromatic carbocycles. The van der Waals surface area contributed by atoms with Crippen LogP contribution in [-0.4, -0.2) is 35.1 Å². The Kier molecular flexibility index (Phi) is 3.81. The van der Waals surface area contributed by atoms with Crippen LogP contribution in [0.15, 0.2) is 0 Å². The number of hydrogen-bond acceptors (Lipinski definition) is 4. The van der Waals surface area contributed by atoms with E-state index in [2.05, 4.69) is 5.32 Å². The summed E-state index contributed by atoms with van der Waals surface area (Å²) in [7, 11) is 0. The van der Waals surface area contributed by atoms with Crippen molar-refractivity contribution in [3.05, 3.63) is 0 Å². The zero-order valence-corrected chi connectivity index (χ0v) is 8.46. The molecule has 0 spiro atoms. The molecule has 1 saturated heterocycles. The molecular weight excluding hydrogens is 194 g/mol. The molecule has 12 heavy (non-hydrogen) atoms.